The molecule has 2 rings (SSSR count). The second-order valence-corrected chi connectivity index (χ2v) is 4.25. The molecule has 1 heterocycles. The Hall–Kier alpha value is -2.05. The van der Waals surface area contributed by atoms with Crippen molar-refractivity contribution in [3.63, 3.8) is 0 Å². The fourth-order valence-corrected chi connectivity index (χ4v) is 1.79. The first-order chi connectivity index (χ1) is 8.86. The molecule has 1 aromatic carbocycles. The van der Waals surface area contributed by atoms with Crippen LogP contribution in [0, 0.1) is 0 Å². The van der Waals surface area contributed by atoms with Crippen molar-refractivity contribution in [2.75, 3.05) is 6.54 Å². The second kappa shape index (κ2) is 4.91. The molecule has 2 amide bonds. The van der Waals surface area contributed by atoms with Crippen LogP contribution in [-0.2, 0) is 11.0 Å². The SMILES string of the molecule is O=C1CC(NC(=O)c2ccc(C(F)(F)F)cc2)CN1. The van der Waals surface area contributed by atoms with E-state index in [0.29, 0.717) is 6.54 Å². The van der Waals surface area contributed by atoms with Gasteiger partial charge >= 0.3 is 6.18 Å². The minimum atomic E-state index is -4.42. The van der Waals surface area contributed by atoms with Crippen LogP contribution in [-0.4, -0.2) is 24.4 Å². The molecule has 0 bridgehead atoms. The highest BCUT2D eigenvalue weighted by molar-refractivity contribution is 5.95. The van der Waals surface area contributed by atoms with Gasteiger partial charge in [-0.25, -0.2) is 0 Å². The Bertz CT molecular complexity index is 497. The van der Waals surface area contributed by atoms with Gasteiger partial charge < -0.3 is 10.6 Å². The van der Waals surface area contributed by atoms with Crippen molar-refractivity contribution < 1.29 is 22.8 Å². The minimum absolute atomic E-state index is 0.132. The summed E-state index contributed by atoms with van der Waals surface area (Å²) in [5, 5.41) is 5.13. The Morgan fingerprint density at radius 1 is 1.26 bits per heavy atom. The van der Waals surface area contributed by atoms with E-state index in [-0.39, 0.29) is 23.9 Å². The summed E-state index contributed by atoms with van der Waals surface area (Å²) in [5.74, 6) is -0.645. The fourth-order valence-electron chi connectivity index (χ4n) is 1.79. The van der Waals surface area contributed by atoms with Crippen LogP contribution >= 0.6 is 0 Å². The molecule has 1 unspecified atom stereocenters. The van der Waals surface area contributed by atoms with Crippen molar-refractivity contribution in [2.45, 2.75) is 18.6 Å². The van der Waals surface area contributed by atoms with Gasteiger partial charge in [0.2, 0.25) is 5.91 Å². The van der Waals surface area contributed by atoms with E-state index in [2.05, 4.69) is 10.6 Å². The lowest BCUT2D eigenvalue weighted by molar-refractivity contribution is -0.137. The molecule has 19 heavy (non-hydrogen) atoms. The van der Waals surface area contributed by atoms with E-state index < -0.39 is 17.6 Å². The van der Waals surface area contributed by atoms with Crippen molar-refractivity contribution in [3.05, 3.63) is 35.4 Å². The van der Waals surface area contributed by atoms with Crippen LogP contribution in [0.25, 0.3) is 0 Å². The molecule has 1 atom stereocenters. The van der Waals surface area contributed by atoms with Crippen LogP contribution in [0.4, 0.5) is 13.2 Å². The summed E-state index contributed by atoms with van der Waals surface area (Å²) in [5.41, 5.74) is -0.672. The van der Waals surface area contributed by atoms with Crippen molar-refractivity contribution in [1.29, 1.82) is 0 Å². The molecule has 1 aromatic rings. The van der Waals surface area contributed by atoms with Crippen LogP contribution in [0.15, 0.2) is 24.3 Å². The summed E-state index contributed by atoms with van der Waals surface area (Å²) in [6.45, 7) is 0.339. The molecule has 1 aliphatic heterocycles. The maximum Gasteiger partial charge on any atom is 0.416 e. The third kappa shape index (κ3) is 3.24. The number of hydrogen-bond donors (Lipinski definition) is 2. The molecular formula is C12H11F3N2O2. The maximum atomic E-state index is 12.3. The van der Waals surface area contributed by atoms with Gasteiger partial charge in [0.05, 0.1) is 11.6 Å². The Morgan fingerprint density at radius 2 is 1.89 bits per heavy atom. The molecular weight excluding hydrogens is 261 g/mol. The number of alkyl halides is 3. The van der Waals surface area contributed by atoms with Gasteiger partial charge in [-0.3, -0.25) is 9.59 Å². The highest BCUT2D eigenvalue weighted by Gasteiger charge is 2.30. The Kier molecular flexibility index (Phi) is 3.46. The summed E-state index contributed by atoms with van der Waals surface area (Å²) in [7, 11) is 0. The highest BCUT2D eigenvalue weighted by atomic mass is 19.4. The third-order valence-electron chi connectivity index (χ3n) is 2.79. The number of carbonyl (C=O) groups excluding carboxylic acids is 2. The highest BCUT2D eigenvalue weighted by Crippen LogP contribution is 2.29. The number of amides is 2. The summed E-state index contributed by atoms with van der Waals surface area (Å²) in [4.78, 5) is 22.7. The van der Waals surface area contributed by atoms with Gasteiger partial charge in [0.25, 0.3) is 5.91 Å². The monoisotopic (exact) mass is 272 g/mol. The number of hydrogen-bond acceptors (Lipinski definition) is 2. The van der Waals surface area contributed by atoms with Crippen LogP contribution < -0.4 is 10.6 Å². The zero-order valence-electron chi connectivity index (χ0n) is 9.75. The van der Waals surface area contributed by atoms with E-state index in [9.17, 15) is 22.8 Å². The molecule has 0 spiro atoms. The summed E-state index contributed by atoms with van der Waals surface area (Å²) in [6, 6.07) is 3.62. The van der Waals surface area contributed by atoms with Gasteiger partial charge in [0.15, 0.2) is 0 Å². The van der Waals surface area contributed by atoms with E-state index in [1.165, 1.54) is 0 Å². The average molecular weight is 272 g/mol. The molecule has 7 heteroatoms. The van der Waals surface area contributed by atoms with Crippen LogP contribution in [0.5, 0.6) is 0 Å². The Morgan fingerprint density at radius 3 is 2.37 bits per heavy atom. The van der Waals surface area contributed by atoms with Gasteiger partial charge in [-0.2, -0.15) is 13.2 Å². The predicted molar refractivity (Wildman–Crippen MR) is 60.3 cm³/mol. The van der Waals surface area contributed by atoms with E-state index >= 15 is 0 Å². The van der Waals surface area contributed by atoms with E-state index in [1.54, 1.807) is 0 Å². The molecule has 0 aromatic heterocycles. The Labute approximate surface area is 107 Å². The molecule has 1 saturated heterocycles. The standard InChI is InChI=1S/C12H11F3N2O2/c13-12(14,15)8-3-1-7(2-4-8)11(19)17-9-5-10(18)16-6-9/h1-4,9H,5-6H2,(H,16,18)(H,17,19). The van der Waals surface area contributed by atoms with Gasteiger partial charge in [-0.15, -0.1) is 0 Å². The quantitative estimate of drug-likeness (QED) is 0.853. The number of carbonyl (C=O) groups is 2. The van der Waals surface area contributed by atoms with E-state index in [4.69, 9.17) is 0 Å². The Balaban J connectivity index is 2.02. The van der Waals surface area contributed by atoms with Gasteiger partial charge in [0.1, 0.15) is 0 Å². The first-order valence-corrected chi connectivity index (χ1v) is 5.61. The lowest BCUT2D eigenvalue weighted by atomic mass is 10.1. The molecule has 0 radical (unpaired) electrons. The molecule has 2 N–H and O–H groups in total. The van der Waals surface area contributed by atoms with Crippen molar-refractivity contribution in [2.24, 2.45) is 0 Å². The van der Waals surface area contributed by atoms with E-state index in [0.717, 1.165) is 24.3 Å². The van der Waals surface area contributed by atoms with Crippen molar-refractivity contribution in [3.8, 4) is 0 Å². The number of halogens is 3. The van der Waals surface area contributed by atoms with Gasteiger partial charge in [0, 0.05) is 18.5 Å². The fraction of sp³-hybridized carbons (Fsp3) is 0.333. The average Bonchev–Trinajstić information content (AvgIpc) is 2.74. The molecule has 4 nitrogen and oxygen atoms in total. The first kappa shape index (κ1) is 13.4. The number of benzene rings is 1. The maximum absolute atomic E-state index is 12.3. The van der Waals surface area contributed by atoms with E-state index in [1.807, 2.05) is 0 Å². The van der Waals surface area contributed by atoms with Crippen molar-refractivity contribution in [1.82, 2.24) is 10.6 Å². The summed E-state index contributed by atoms with van der Waals surface area (Å²) < 4.78 is 37.0. The topological polar surface area (TPSA) is 58.2 Å². The second-order valence-electron chi connectivity index (χ2n) is 4.25. The molecule has 0 saturated carbocycles. The first-order valence-electron chi connectivity index (χ1n) is 5.61. The third-order valence-corrected chi connectivity index (χ3v) is 2.79. The summed E-state index contributed by atoms with van der Waals surface area (Å²) >= 11 is 0. The molecule has 0 aliphatic carbocycles. The predicted octanol–water partition coefficient (Wildman–Crippen LogP) is 1.32. The van der Waals surface area contributed by atoms with Gasteiger partial charge in [-0.05, 0) is 24.3 Å². The smallest absolute Gasteiger partial charge is 0.354 e. The van der Waals surface area contributed by atoms with Crippen LogP contribution in [0.1, 0.15) is 22.3 Å². The zero-order valence-corrected chi connectivity index (χ0v) is 9.75. The van der Waals surface area contributed by atoms with Gasteiger partial charge in [-0.1, -0.05) is 0 Å². The molecule has 1 aliphatic rings. The molecule has 1 fully saturated rings. The number of nitrogens with one attached hydrogen (secondary N) is 2. The zero-order chi connectivity index (χ0) is 14.0. The van der Waals surface area contributed by atoms with Crippen LogP contribution in [0.3, 0.4) is 0 Å². The lowest BCUT2D eigenvalue weighted by Crippen LogP contribution is -2.36. The van der Waals surface area contributed by atoms with Crippen LogP contribution in [0.2, 0.25) is 0 Å². The largest absolute Gasteiger partial charge is 0.416 e. The van der Waals surface area contributed by atoms with Crippen molar-refractivity contribution >= 4 is 11.8 Å². The minimum Gasteiger partial charge on any atom is -0.354 e. The normalized spacial score (nSPS) is 19.1. The molecule has 102 valence electrons. The lowest BCUT2D eigenvalue weighted by Gasteiger charge is -2.11. The summed E-state index contributed by atoms with van der Waals surface area (Å²) in [6.07, 6.45) is -4.23. The number of rotatable bonds is 2.